The molecule has 0 aliphatic carbocycles. The smallest absolute Gasteiger partial charge is 0.255 e. The van der Waals surface area contributed by atoms with Crippen molar-refractivity contribution in [3.8, 4) is 17.2 Å². The number of halogens is 1. The van der Waals surface area contributed by atoms with Crippen molar-refractivity contribution in [2.24, 2.45) is 0 Å². The Morgan fingerprint density at radius 2 is 1.67 bits per heavy atom. The van der Waals surface area contributed by atoms with Crippen LogP contribution in [0, 0.1) is 0 Å². The van der Waals surface area contributed by atoms with Gasteiger partial charge in [0, 0.05) is 10.6 Å². The highest BCUT2D eigenvalue weighted by Gasteiger charge is 2.21. The maximum Gasteiger partial charge on any atom is 0.255 e. The van der Waals surface area contributed by atoms with Gasteiger partial charge in [0.05, 0.1) is 12.8 Å². The first-order chi connectivity index (χ1) is 14.3. The molecule has 0 fully saturated rings. The summed E-state index contributed by atoms with van der Waals surface area (Å²) in [5.74, 6) is 0.555. The average molecular weight is 447 g/mol. The number of carbonyl (C=O) groups excluding carboxylic acids is 1. The molecule has 0 heterocycles. The zero-order valence-corrected chi connectivity index (χ0v) is 17.8. The molecule has 3 aromatic carbocycles. The number of amides is 1. The summed E-state index contributed by atoms with van der Waals surface area (Å²) < 4.78 is 37.7. The molecule has 7 nitrogen and oxygen atoms in total. The van der Waals surface area contributed by atoms with Crippen molar-refractivity contribution in [1.82, 2.24) is 4.72 Å². The lowest BCUT2D eigenvalue weighted by Gasteiger charge is -2.14. The Kier molecular flexibility index (Phi) is 6.61. The number of sulfonamides is 1. The predicted molar refractivity (Wildman–Crippen MR) is 115 cm³/mol. The van der Waals surface area contributed by atoms with Crippen molar-refractivity contribution in [3.05, 3.63) is 77.3 Å². The van der Waals surface area contributed by atoms with Gasteiger partial charge in [-0.3, -0.25) is 4.79 Å². The van der Waals surface area contributed by atoms with Crippen LogP contribution in [0.5, 0.6) is 17.2 Å². The zero-order chi connectivity index (χ0) is 21.7. The van der Waals surface area contributed by atoms with E-state index in [-0.39, 0.29) is 16.2 Å². The van der Waals surface area contributed by atoms with E-state index in [0.717, 1.165) is 0 Å². The van der Waals surface area contributed by atoms with Gasteiger partial charge in [0.1, 0.15) is 16.4 Å². The topological polar surface area (TPSA) is 93.7 Å². The monoisotopic (exact) mass is 446 g/mol. The average Bonchev–Trinajstić information content (AvgIpc) is 2.75. The van der Waals surface area contributed by atoms with Crippen LogP contribution in [0.25, 0.3) is 0 Å². The molecule has 0 aliphatic rings. The molecule has 0 bridgehead atoms. The maximum atomic E-state index is 12.8. The number of anilines is 1. The van der Waals surface area contributed by atoms with E-state index in [1.807, 2.05) is 18.2 Å². The number of rotatable bonds is 7. The van der Waals surface area contributed by atoms with Gasteiger partial charge in [-0.25, -0.2) is 13.1 Å². The number of ether oxygens (including phenoxy) is 2. The zero-order valence-electron chi connectivity index (χ0n) is 16.2. The van der Waals surface area contributed by atoms with E-state index in [1.54, 1.807) is 30.3 Å². The lowest BCUT2D eigenvalue weighted by Crippen LogP contribution is -2.20. The SMILES string of the molecule is CNS(=O)(=O)c1cc(C(=O)Nc2cc(Cl)ccc2Oc2ccccc2)ccc1OC. The molecule has 0 spiro atoms. The third-order valence-electron chi connectivity index (χ3n) is 4.14. The Bertz CT molecular complexity index is 1170. The van der Waals surface area contributed by atoms with Crippen LogP contribution in [0.2, 0.25) is 5.02 Å². The molecule has 3 aromatic rings. The second-order valence-corrected chi connectivity index (χ2v) is 8.37. The molecule has 0 aliphatic heterocycles. The molecule has 9 heteroatoms. The van der Waals surface area contributed by atoms with Crippen LogP contribution in [-0.2, 0) is 10.0 Å². The summed E-state index contributed by atoms with van der Waals surface area (Å²) in [7, 11) is -1.20. The summed E-state index contributed by atoms with van der Waals surface area (Å²) in [6, 6.07) is 18.0. The van der Waals surface area contributed by atoms with Gasteiger partial charge >= 0.3 is 0 Å². The second-order valence-electron chi connectivity index (χ2n) is 6.08. The number of hydrogen-bond acceptors (Lipinski definition) is 5. The summed E-state index contributed by atoms with van der Waals surface area (Å²) in [6.07, 6.45) is 0. The summed E-state index contributed by atoms with van der Waals surface area (Å²) in [5, 5.41) is 3.12. The van der Waals surface area contributed by atoms with Crippen LogP contribution in [0.4, 0.5) is 5.69 Å². The van der Waals surface area contributed by atoms with Crippen molar-refractivity contribution in [1.29, 1.82) is 0 Å². The van der Waals surface area contributed by atoms with Gasteiger partial charge in [0.25, 0.3) is 5.91 Å². The molecule has 30 heavy (non-hydrogen) atoms. The quantitative estimate of drug-likeness (QED) is 0.564. The Balaban J connectivity index is 1.93. The Hall–Kier alpha value is -3.07. The van der Waals surface area contributed by atoms with Crippen LogP contribution >= 0.6 is 11.6 Å². The van der Waals surface area contributed by atoms with E-state index in [0.29, 0.717) is 22.2 Å². The van der Waals surface area contributed by atoms with Gasteiger partial charge in [-0.15, -0.1) is 0 Å². The fraction of sp³-hybridized carbons (Fsp3) is 0.0952. The summed E-state index contributed by atoms with van der Waals surface area (Å²) in [5.41, 5.74) is 0.459. The van der Waals surface area contributed by atoms with Gasteiger partial charge in [-0.05, 0) is 55.6 Å². The van der Waals surface area contributed by atoms with Crippen molar-refractivity contribution in [2.45, 2.75) is 4.90 Å². The molecule has 0 aromatic heterocycles. The minimum Gasteiger partial charge on any atom is -0.495 e. The molecule has 0 atom stereocenters. The number of nitrogens with one attached hydrogen (secondary N) is 2. The van der Waals surface area contributed by atoms with E-state index >= 15 is 0 Å². The minimum atomic E-state index is -3.83. The number of hydrogen-bond donors (Lipinski definition) is 2. The third kappa shape index (κ3) is 4.91. The molecule has 1 amide bonds. The summed E-state index contributed by atoms with van der Waals surface area (Å²) in [4.78, 5) is 12.7. The highest BCUT2D eigenvalue weighted by atomic mass is 35.5. The molecule has 2 N–H and O–H groups in total. The van der Waals surface area contributed by atoms with Gasteiger partial charge < -0.3 is 14.8 Å². The third-order valence-corrected chi connectivity index (χ3v) is 5.82. The Morgan fingerprint density at radius 3 is 2.33 bits per heavy atom. The molecule has 0 saturated heterocycles. The van der Waals surface area contributed by atoms with Crippen molar-refractivity contribution in [3.63, 3.8) is 0 Å². The van der Waals surface area contributed by atoms with E-state index in [9.17, 15) is 13.2 Å². The predicted octanol–water partition coefficient (Wildman–Crippen LogP) is 4.30. The van der Waals surface area contributed by atoms with Crippen molar-refractivity contribution >= 4 is 33.2 Å². The minimum absolute atomic E-state index is 0.121. The van der Waals surface area contributed by atoms with E-state index < -0.39 is 15.9 Å². The van der Waals surface area contributed by atoms with Crippen LogP contribution in [0.15, 0.2) is 71.6 Å². The Morgan fingerprint density at radius 1 is 0.967 bits per heavy atom. The molecular formula is C21H19ClN2O5S. The number of methoxy groups -OCH3 is 1. The highest BCUT2D eigenvalue weighted by Crippen LogP contribution is 2.33. The summed E-state index contributed by atoms with van der Waals surface area (Å²) >= 11 is 6.08. The molecular weight excluding hydrogens is 428 g/mol. The molecule has 0 unspecified atom stereocenters. The van der Waals surface area contributed by atoms with E-state index in [2.05, 4.69) is 10.0 Å². The molecule has 0 saturated carbocycles. The first-order valence-electron chi connectivity index (χ1n) is 8.79. The number of benzene rings is 3. The fourth-order valence-electron chi connectivity index (χ4n) is 2.64. The van der Waals surface area contributed by atoms with Crippen molar-refractivity contribution < 1.29 is 22.7 Å². The highest BCUT2D eigenvalue weighted by molar-refractivity contribution is 7.89. The van der Waals surface area contributed by atoms with E-state index in [4.69, 9.17) is 21.1 Å². The van der Waals surface area contributed by atoms with Crippen LogP contribution in [0.1, 0.15) is 10.4 Å². The molecule has 0 radical (unpaired) electrons. The first kappa shape index (κ1) is 21.6. The van der Waals surface area contributed by atoms with Crippen LogP contribution in [-0.4, -0.2) is 28.5 Å². The largest absolute Gasteiger partial charge is 0.495 e. The van der Waals surface area contributed by atoms with Crippen molar-refractivity contribution in [2.75, 3.05) is 19.5 Å². The van der Waals surface area contributed by atoms with Gasteiger partial charge in [-0.2, -0.15) is 0 Å². The lowest BCUT2D eigenvalue weighted by atomic mass is 10.2. The maximum absolute atomic E-state index is 12.8. The van der Waals surface area contributed by atoms with Gasteiger partial charge in [0.15, 0.2) is 5.75 Å². The number of para-hydroxylation sites is 1. The van der Waals surface area contributed by atoms with Gasteiger partial charge in [-0.1, -0.05) is 29.8 Å². The molecule has 3 rings (SSSR count). The van der Waals surface area contributed by atoms with E-state index in [1.165, 1.54) is 32.4 Å². The normalized spacial score (nSPS) is 11.0. The lowest BCUT2D eigenvalue weighted by molar-refractivity contribution is 0.102. The van der Waals surface area contributed by atoms with Crippen LogP contribution in [0.3, 0.4) is 0 Å². The van der Waals surface area contributed by atoms with Gasteiger partial charge in [0.2, 0.25) is 10.0 Å². The fourth-order valence-corrected chi connectivity index (χ4v) is 3.73. The first-order valence-corrected chi connectivity index (χ1v) is 10.7. The number of carbonyl (C=O) groups is 1. The Labute approximate surface area is 179 Å². The van der Waals surface area contributed by atoms with Crippen LogP contribution < -0.4 is 19.5 Å². The summed E-state index contributed by atoms with van der Waals surface area (Å²) in [6.45, 7) is 0. The standard InChI is InChI=1S/C21H19ClN2O5S/c1-23-30(26,27)20-12-14(8-10-19(20)28-2)21(25)24-17-13-15(22)9-11-18(17)29-16-6-4-3-5-7-16/h3-13,23H,1-2H3,(H,24,25). The second kappa shape index (κ2) is 9.17. The molecule has 156 valence electrons.